The molecule has 0 N–H and O–H groups in total. The number of nitrogens with zero attached hydrogens (tertiary/aromatic N) is 1. The predicted molar refractivity (Wildman–Crippen MR) is 69.9 cm³/mol. The number of amides is 1. The lowest BCUT2D eigenvalue weighted by Crippen LogP contribution is -2.32. The van der Waals surface area contributed by atoms with Crippen LogP contribution in [0.4, 0.5) is 4.39 Å². The van der Waals surface area contributed by atoms with Crippen LogP contribution in [0.25, 0.3) is 0 Å². The SMILES string of the molecule is CCC1CCCN(C(=O)c2ccc(F)cc2)CC1. The predicted octanol–water partition coefficient (Wildman–Crippen LogP) is 3.48. The second kappa shape index (κ2) is 5.98. The summed E-state index contributed by atoms with van der Waals surface area (Å²) < 4.78 is 12.8. The van der Waals surface area contributed by atoms with Crippen LogP contribution in [0, 0.1) is 11.7 Å². The fourth-order valence-corrected chi connectivity index (χ4v) is 2.55. The van der Waals surface area contributed by atoms with Crippen LogP contribution in [-0.4, -0.2) is 23.9 Å². The molecule has 1 saturated heterocycles. The van der Waals surface area contributed by atoms with Gasteiger partial charge in [-0.3, -0.25) is 4.79 Å². The molecule has 0 radical (unpaired) electrons. The van der Waals surface area contributed by atoms with Gasteiger partial charge in [-0.15, -0.1) is 0 Å². The largest absolute Gasteiger partial charge is 0.339 e. The molecule has 1 heterocycles. The molecule has 18 heavy (non-hydrogen) atoms. The standard InChI is InChI=1S/C15H20FNO/c1-2-12-4-3-10-17(11-9-12)15(18)13-5-7-14(16)8-6-13/h5-8,12H,2-4,9-11H2,1H3. The van der Waals surface area contributed by atoms with Gasteiger partial charge in [0.1, 0.15) is 5.82 Å². The Morgan fingerprint density at radius 2 is 2.00 bits per heavy atom. The number of rotatable bonds is 2. The first-order valence-electron chi connectivity index (χ1n) is 6.75. The molecule has 98 valence electrons. The molecular weight excluding hydrogens is 229 g/mol. The molecule has 0 saturated carbocycles. The van der Waals surface area contributed by atoms with Crippen molar-refractivity contribution in [3.05, 3.63) is 35.6 Å². The van der Waals surface area contributed by atoms with Gasteiger partial charge in [-0.2, -0.15) is 0 Å². The Kier molecular flexibility index (Phi) is 4.34. The third-order valence-corrected chi connectivity index (χ3v) is 3.80. The molecule has 1 aliphatic rings. The summed E-state index contributed by atoms with van der Waals surface area (Å²) in [5, 5.41) is 0. The molecule has 2 nitrogen and oxygen atoms in total. The first-order chi connectivity index (χ1) is 8.70. The highest BCUT2D eigenvalue weighted by atomic mass is 19.1. The Bertz CT molecular complexity index is 401. The Balaban J connectivity index is 2.02. The molecular formula is C15H20FNO. The maximum atomic E-state index is 12.8. The lowest BCUT2D eigenvalue weighted by Gasteiger charge is -2.20. The molecule has 0 spiro atoms. The minimum Gasteiger partial charge on any atom is -0.339 e. The van der Waals surface area contributed by atoms with Gasteiger partial charge in [0.05, 0.1) is 0 Å². The second-order valence-corrected chi connectivity index (χ2v) is 5.00. The molecule has 0 aliphatic carbocycles. The summed E-state index contributed by atoms with van der Waals surface area (Å²) in [5.74, 6) is 0.483. The molecule has 1 atom stereocenters. The van der Waals surface area contributed by atoms with Crippen LogP contribution in [0.15, 0.2) is 24.3 Å². The molecule has 1 aromatic carbocycles. The van der Waals surface area contributed by atoms with Crippen LogP contribution >= 0.6 is 0 Å². The van der Waals surface area contributed by atoms with Crippen LogP contribution < -0.4 is 0 Å². The second-order valence-electron chi connectivity index (χ2n) is 5.00. The van der Waals surface area contributed by atoms with E-state index in [1.807, 2.05) is 4.90 Å². The van der Waals surface area contributed by atoms with Crippen molar-refractivity contribution in [3.8, 4) is 0 Å². The maximum Gasteiger partial charge on any atom is 0.253 e. The highest BCUT2D eigenvalue weighted by molar-refractivity contribution is 5.94. The Hall–Kier alpha value is -1.38. The third-order valence-electron chi connectivity index (χ3n) is 3.80. The summed E-state index contributed by atoms with van der Waals surface area (Å²) in [7, 11) is 0. The van der Waals surface area contributed by atoms with Crippen molar-refractivity contribution in [3.63, 3.8) is 0 Å². The molecule has 1 aliphatic heterocycles. The van der Waals surface area contributed by atoms with Crippen LogP contribution in [0.1, 0.15) is 43.0 Å². The lowest BCUT2D eigenvalue weighted by atomic mass is 9.98. The van der Waals surface area contributed by atoms with Crippen molar-refractivity contribution in [1.82, 2.24) is 4.90 Å². The van der Waals surface area contributed by atoms with Crippen molar-refractivity contribution in [2.24, 2.45) is 5.92 Å². The van der Waals surface area contributed by atoms with Crippen LogP contribution in [-0.2, 0) is 0 Å². The fourth-order valence-electron chi connectivity index (χ4n) is 2.55. The van der Waals surface area contributed by atoms with Gasteiger partial charge >= 0.3 is 0 Å². The van der Waals surface area contributed by atoms with Gasteiger partial charge in [0, 0.05) is 18.7 Å². The molecule has 2 rings (SSSR count). The minimum absolute atomic E-state index is 0.0340. The quantitative estimate of drug-likeness (QED) is 0.785. The summed E-state index contributed by atoms with van der Waals surface area (Å²) in [6, 6.07) is 5.83. The third kappa shape index (κ3) is 3.09. The van der Waals surface area contributed by atoms with E-state index in [1.54, 1.807) is 12.1 Å². The van der Waals surface area contributed by atoms with Gasteiger partial charge in [0.25, 0.3) is 5.91 Å². The zero-order chi connectivity index (χ0) is 13.0. The van der Waals surface area contributed by atoms with Gasteiger partial charge in [0.2, 0.25) is 0 Å². The Morgan fingerprint density at radius 1 is 1.28 bits per heavy atom. The summed E-state index contributed by atoms with van der Waals surface area (Å²) in [6.45, 7) is 3.86. The molecule has 0 aromatic heterocycles. The number of halogens is 1. The average molecular weight is 249 g/mol. The maximum absolute atomic E-state index is 12.8. The molecule has 1 amide bonds. The lowest BCUT2D eigenvalue weighted by molar-refractivity contribution is 0.0760. The minimum atomic E-state index is -0.298. The van der Waals surface area contributed by atoms with E-state index in [4.69, 9.17) is 0 Å². The van der Waals surface area contributed by atoms with Crippen molar-refractivity contribution < 1.29 is 9.18 Å². The van der Waals surface area contributed by atoms with Gasteiger partial charge in [-0.25, -0.2) is 4.39 Å². The van der Waals surface area contributed by atoms with Crippen LogP contribution in [0.2, 0.25) is 0 Å². The highest BCUT2D eigenvalue weighted by Gasteiger charge is 2.20. The van der Waals surface area contributed by atoms with Gasteiger partial charge in [-0.05, 0) is 49.4 Å². The Labute approximate surface area is 108 Å². The summed E-state index contributed by atoms with van der Waals surface area (Å²) in [6.07, 6.45) is 4.57. The summed E-state index contributed by atoms with van der Waals surface area (Å²) >= 11 is 0. The van der Waals surface area contributed by atoms with E-state index in [2.05, 4.69) is 6.92 Å². The molecule has 1 unspecified atom stereocenters. The van der Waals surface area contributed by atoms with E-state index < -0.39 is 0 Å². The average Bonchev–Trinajstić information content (AvgIpc) is 2.64. The van der Waals surface area contributed by atoms with Crippen molar-refractivity contribution in [1.29, 1.82) is 0 Å². The first-order valence-corrected chi connectivity index (χ1v) is 6.75. The molecule has 0 bridgehead atoms. The van der Waals surface area contributed by atoms with Crippen molar-refractivity contribution in [2.75, 3.05) is 13.1 Å². The van der Waals surface area contributed by atoms with E-state index in [-0.39, 0.29) is 11.7 Å². The monoisotopic (exact) mass is 249 g/mol. The number of hydrogen-bond acceptors (Lipinski definition) is 1. The normalized spacial score (nSPS) is 20.6. The van der Waals surface area contributed by atoms with Crippen LogP contribution in [0.3, 0.4) is 0 Å². The van der Waals surface area contributed by atoms with E-state index in [9.17, 15) is 9.18 Å². The van der Waals surface area contributed by atoms with Gasteiger partial charge < -0.3 is 4.90 Å². The number of benzene rings is 1. The summed E-state index contributed by atoms with van der Waals surface area (Å²) in [4.78, 5) is 14.2. The van der Waals surface area contributed by atoms with E-state index >= 15 is 0 Å². The highest BCUT2D eigenvalue weighted by Crippen LogP contribution is 2.21. The summed E-state index contributed by atoms with van der Waals surface area (Å²) in [5.41, 5.74) is 0.589. The topological polar surface area (TPSA) is 20.3 Å². The van der Waals surface area contributed by atoms with Crippen molar-refractivity contribution in [2.45, 2.75) is 32.6 Å². The van der Waals surface area contributed by atoms with E-state index in [1.165, 1.54) is 25.0 Å². The fraction of sp³-hybridized carbons (Fsp3) is 0.533. The zero-order valence-electron chi connectivity index (χ0n) is 10.9. The number of likely N-dealkylation sites (tertiary alicyclic amines) is 1. The zero-order valence-corrected chi connectivity index (χ0v) is 10.9. The van der Waals surface area contributed by atoms with E-state index in [0.29, 0.717) is 5.56 Å². The number of carbonyl (C=O) groups excluding carboxylic acids is 1. The molecule has 1 fully saturated rings. The van der Waals surface area contributed by atoms with E-state index in [0.717, 1.165) is 31.8 Å². The van der Waals surface area contributed by atoms with Gasteiger partial charge in [-0.1, -0.05) is 13.3 Å². The van der Waals surface area contributed by atoms with Crippen LogP contribution in [0.5, 0.6) is 0 Å². The van der Waals surface area contributed by atoms with Gasteiger partial charge in [0.15, 0.2) is 0 Å². The first kappa shape index (κ1) is 13.1. The Morgan fingerprint density at radius 3 is 2.67 bits per heavy atom. The molecule has 3 heteroatoms. The molecule has 1 aromatic rings. The number of carbonyl (C=O) groups is 1. The smallest absolute Gasteiger partial charge is 0.253 e. The van der Waals surface area contributed by atoms with Crippen molar-refractivity contribution >= 4 is 5.91 Å². The number of hydrogen-bond donors (Lipinski definition) is 0.